The lowest BCUT2D eigenvalue weighted by molar-refractivity contribution is 0.672. The molecule has 1 aliphatic heterocycles. The summed E-state index contributed by atoms with van der Waals surface area (Å²) in [4.78, 5) is 8.35. The predicted octanol–water partition coefficient (Wildman–Crippen LogP) is 10.4. The lowest BCUT2D eigenvalue weighted by atomic mass is 10.0. The maximum absolute atomic E-state index is 9.72. The molecule has 0 radical (unpaired) electrons. The molecule has 11 rings (SSSR count). The molecule has 10 aromatic rings. The van der Waals surface area contributed by atoms with Crippen LogP contribution in [-0.2, 0) is 0 Å². The molecular weight excluding hydrogens is 655 g/mol. The van der Waals surface area contributed by atoms with Crippen LogP contribution in [0, 0.1) is 17.9 Å². The Hall–Kier alpha value is -6.93. The SMILES string of the molecule is [C-]#[N+]c1ccc2c(c1)c1cc(C#N)ccc1n2-c1ccc2c(c1)-c1cc(-n3c4ccccc4c4c5oc6cccnc6c5ccc43)ccc1[Si]2(C)C. The lowest BCUT2D eigenvalue weighted by Gasteiger charge is -2.19. The summed E-state index contributed by atoms with van der Waals surface area (Å²) in [6.07, 6.45) is 1.82. The molecule has 0 amide bonds. The first-order valence-corrected chi connectivity index (χ1v) is 20.3. The van der Waals surface area contributed by atoms with Gasteiger partial charge in [0.2, 0.25) is 0 Å². The van der Waals surface area contributed by atoms with E-state index in [0.717, 1.165) is 77.1 Å². The van der Waals surface area contributed by atoms with Gasteiger partial charge in [-0.2, -0.15) is 5.26 Å². The van der Waals surface area contributed by atoms with E-state index in [9.17, 15) is 5.26 Å². The molecule has 0 saturated carbocycles. The molecule has 0 aliphatic carbocycles. The third-order valence-electron chi connectivity index (χ3n) is 11.2. The molecule has 6 nitrogen and oxygen atoms in total. The van der Waals surface area contributed by atoms with E-state index < -0.39 is 8.07 Å². The lowest BCUT2D eigenvalue weighted by Crippen LogP contribution is -2.49. The van der Waals surface area contributed by atoms with Crippen LogP contribution in [0.4, 0.5) is 5.69 Å². The topological polar surface area (TPSA) is 64.0 Å². The second-order valence-electron chi connectivity index (χ2n) is 14.2. The standard InChI is InChI=1S/C45H27N5OSi/c1-47-27-11-16-38-33(22-27)32-21-26(25-46)10-15-37(32)49(38)28-12-18-41-34(23-28)35-24-29(13-19-42(35)52(41,2)3)50-36-8-5-4-7-30(36)43-39(50)17-14-31-44-40(51-45(31)43)9-6-20-48-44/h4-24H,2-3H3. The smallest absolute Gasteiger partial charge is 0.188 e. The van der Waals surface area contributed by atoms with Crippen LogP contribution in [0.15, 0.2) is 132 Å². The Balaban J connectivity index is 1.15. The van der Waals surface area contributed by atoms with E-state index in [1.807, 2.05) is 54.7 Å². The minimum atomic E-state index is -2.00. The molecule has 0 spiro atoms. The highest BCUT2D eigenvalue weighted by Crippen LogP contribution is 2.42. The number of nitrogens with zero attached hydrogens (tertiary/aromatic N) is 5. The van der Waals surface area contributed by atoms with Crippen LogP contribution in [-0.4, -0.2) is 22.2 Å². The molecule has 0 N–H and O–H groups in total. The molecule has 0 atom stereocenters. The third-order valence-corrected chi connectivity index (χ3v) is 14.8. The summed E-state index contributed by atoms with van der Waals surface area (Å²) in [6, 6.07) is 44.7. The number of hydrogen-bond donors (Lipinski definition) is 0. The van der Waals surface area contributed by atoms with Gasteiger partial charge in [-0.25, -0.2) is 4.85 Å². The molecule has 0 unspecified atom stereocenters. The molecule has 0 bridgehead atoms. The van der Waals surface area contributed by atoms with Crippen molar-refractivity contribution in [3.05, 3.63) is 145 Å². The number of fused-ring (bicyclic) bond motifs is 13. The van der Waals surface area contributed by atoms with E-state index in [1.54, 1.807) is 0 Å². The Bertz CT molecular complexity index is 3240. The van der Waals surface area contributed by atoms with Crippen molar-refractivity contribution in [1.82, 2.24) is 14.1 Å². The zero-order valence-electron chi connectivity index (χ0n) is 28.3. The highest BCUT2D eigenvalue weighted by atomic mass is 28.3. The third kappa shape index (κ3) is 3.67. The molecule has 5 heterocycles. The Morgan fingerprint density at radius 2 is 1.35 bits per heavy atom. The number of hydrogen-bond acceptors (Lipinski definition) is 3. The van der Waals surface area contributed by atoms with Gasteiger partial charge >= 0.3 is 0 Å². The summed E-state index contributed by atoms with van der Waals surface area (Å²) in [5, 5.41) is 17.8. The number of furan rings is 1. The molecule has 7 heteroatoms. The number of aromatic nitrogens is 3. The number of benzene rings is 6. The first-order valence-electron chi connectivity index (χ1n) is 17.3. The van der Waals surface area contributed by atoms with Gasteiger partial charge in [-0.1, -0.05) is 49.5 Å². The van der Waals surface area contributed by atoms with Crippen LogP contribution in [0.5, 0.6) is 0 Å². The zero-order chi connectivity index (χ0) is 34.9. The molecular formula is C45H27N5OSi. The van der Waals surface area contributed by atoms with Gasteiger partial charge in [0.05, 0.1) is 45.7 Å². The van der Waals surface area contributed by atoms with E-state index in [2.05, 4.69) is 111 Å². The average molecular weight is 682 g/mol. The fourth-order valence-electron chi connectivity index (χ4n) is 8.84. The normalized spacial score (nSPS) is 13.3. The van der Waals surface area contributed by atoms with E-state index >= 15 is 0 Å². The Kier molecular flexibility index (Phi) is 5.59. The minimum absolute atomic E-state index is 0.583. The summed E-state index contributed by atoms with van der Waals surface area (Å²) in [7, 11) is -2.00. The van der Waals surface area contributed by atoms with Crippen LogP contribution in [0.25, 0.3) is 93.0 Å². The molecule has 1 aliphatic rings. The van der Waals surface area contributed by atoms with Gasteiger partial charge in [-0.3, -0.25) is 4.98 Å². The highest BCUT2D eigenvalue weighted by Gasteiger charge is 2.38. The molecule has 6 aromatic carbocycles. The maximum Gasteiger partial charge on any atom is 0.188 e. The largest absolute Gasteiger partial charge is 0.454 e. The highest BCUT2D eigenvalue weighted by molar-refractivity contribution is 7.03. The summed E-state index contributed by atoms with van der Waals surface area (Å²) < 4.78 is 11.1. The number of para-hydroxylation sites is 1. The average Bonchev–Trinajstić information content (AvgIpc) is 3.89. The van der Waals surface area contributed by atoms with E-state index in [4.69, 9.17) is 11.0 Å². The van der Waals surface area contributed by atoms with Gasteiger partial charge in [-0.05, 0) is 112 Å². The van der Waals surface area contributed by atoms with Crippen molar-refractivity contribution in [1.29, 1.82) is 5.26 Å². The van der Waals surface area contributed by atoms with Crippen LogP contribution in [0.3, 0.4) is 0 Å². The van der Waals surface area contributed by atoms with Crippen LogP contribution in [0.2, 0.25) is 13.1 Å². The van der Waals surface area contributed by atoms with Crippen molar-refractivity contribution in [3.63, 3.8) is 0 Å². The van der Waals surface area contributed by atoms with Gasteiger partial charge in [0, 0.05) is 33.7 Å². The Morgan fingerprint density at radius 3 is 2.10 bits per heavy atom. The van der Waals surface area contributed by atoms with Crippen molar-refractivity contribution in [2.24, 2.45) is 0 Å². The second kappa shape index (κ2) is 10.1. The van der Waals surface area contributed by atoms with Crippen LogP contribution >= 0.6 is 0 Å². The van der Waals surface area contributed by atoms with E-state index in [1.165, 1.54) is 21.5 Å². The quantitative estimate of drug-likeness (QED) is 0.135. The van der Waals surface area contributed by atoms with Crippen molar-refractivity contribution >= 4 is 89.8 Å². The van der Waals surface area contributed by atoms with E-state index in [0.29, 0.717) is 11.3 Å². The summed E-state index contributed by atoms with van der Waals surface area (Å²) in [5.41, 5.74) is 12.7. The molecule has 0 saturated heterocycles. The number of nitriles is 1. The predicted molar refractivity (Wildman–Crippen MR) is 213 cm³/mol. The number of rotatable bonds is 2. The number of pyridine rings is 1. The van der Waals surface area contributed by atoms with Gasteiger partial charge in [0.1, 0.15) is 19.2 Å². The maximum atomic E-state index is 9.72. The monoisotopic (exact) mass is 681 g/mol. The Morgan fingerprint density at radius 1 is 0.673 bits per heavy atom. The second-order valence-corrected chi connectivity index (χ2v) is 18.5. The van der Waals surface area contributed by atoms with Crippen molar-refractivity contribution in [3.8, 4) is 28.6 Å². The molecule has 242 valence electrons. The van der Waals surface area contributed by atoms with Crippen LogP contribution < -0.4 is 10.4 Å². The zero-order valence-corrected chi connectivity index (χ0v) is 29.3. The van der Waals surface area contributed by atoms with Crippen molar-refractivity contribution in [2.45, 2.75) is 13.1 Å². The summed E-state index contributed by atoms with van der Waals surface area (Å²) in [5.74, 6) is 0. The molecule has 0 fully saturated rings. The Labute approximate surface area is 298 Å². The molecule has 4 aromatic heterocycles. The summed E-state index contributed by atoms with van der Waals surface area (Å²) >= 11 is 0. The fraction of sp³-hybridized carbons (Fsp3) is 0.0444. The summed E-state index contributed by atoms with van der Waals surface area (Å²) in [6.45, 7) is 12.5. The van der Waals surface area contributed by atoms with Crippen molar-refractivity contribution in [2.75, 3.05) is 0 Å². The van der Waals surface area contributed by atoms with Gasteiger partial charge < -0.3 is 13.6 Å². The van der Waals surface area contributed by atoms with Gasteiger partial charge in [0.15, 0.2) is 11.3 Å². The van der Waals surface area contributed by atoms with Gasteiger partial charge in [-0.15, -0.1) is 0 Å². The first-order chi connectivity index (χ1) is 25.4. The first kappa shape index (κ1) is 28.9. The van der Waals surface area contributed by atoms with Crippen LogP contribution in [0.1, 0.15) is 5.56 Å². The van der Waals surface area contributed by atoms with Crippen molar-refractivity contribution < 1.29 is 4.42 Å². The minimum Gasteiger partial charge on any atom is -0.454 e. The molecule has 52 heavy (non-hydrogen) atoms. The van der Waals surface area contributed by atoms with E-state index in [-0.39, 0.29) is 0 Å². The fourth-order valence-corrected chi connectivity index (χ4v) is 11.9. The van der Waals surface area contributed by atoms with Gasteiger partial charge in [0.25, 0.3) is 0 Å².